The molecule has 1 aliphatic rings. The Morgan fingerprint density at radius 3 is 2.75 bits per heavy atom. The van der Waals surface area contributed by atoms with Crippen LogP contribution >= 0.6 is 11.3 Å². The zero-order valence-electron chi connectivity index (χ0n) is 13.1. The minimum atomic E-state index is -0.715. The number of carbonyl (C=O) groups excluding carboxylic acids is 1. The molecule has 1 amide bonds. The van der Waals surface area contributed by atoms with E-state index in [2.05, 4.69) is 9.88 Å². The number of amides is 1. The van der Waals surface area contributed by atoms with Crippen molar-refractivity contribution in [1.29, 1.82) is 0 Å². The van der Waals surface area contributed by atoms with E-state index in [4.69, 9.17) is 10.8 Å². The van der Waals surface area contributed by atoms with Crippen LogP contribution in [0.2, 0.25) is 0 Å². The number of primary amides is 1. The fourth-order valence-corrected chi connectivity index (χ4v) is 3.74. The predicted octanol–water partition coefficient (Wildman–Crippen LogP) is 2.21. The van der Waals surface area contributed by atoms with Crippen LogP contribution in [-0.4, -0.2) is 40.0 Å². The number of nitrogens with two attached hydrogens (primary N) is 1. The zero-order chi connectivity index (χ0) is 17.1. The average molecular weight is 345 g/mol. The second kappa shape index (κ2) is 7.11. The molecular formula is C17H19N3O3S. The van der Waals surface area contributed by atoms with Crippen LogP contribution < -0.4 is 5.73 Å². The number of carboxylic acids is 1. The number of hydrogen-bond acceptors (Lipinski definition) is 5. The van der Waals surface area contributed by atoms with Crippen molar-refractivity contribution in [3.05, 3.63) is 40.9 Å². The number of benzene rings is 1. The number of rotatable bonds is 5. The molecule has 1 saturated heterocycles. The Kier molecular flexibility index (Phi) is 4.92. The van der Waals surface area contributed by atoms with Gasteiger partial charge in [0.1, 0.15) is 5.01 Å². The van der Waals surface area contributed by atoms with E-state index in [1.165, 1.54) is 0 Å². The van der Waals surface area contributed by atoms with Crippen LogP contribution in [0.5, 0.6) is 0 Å². The lowest BCUT2D eigenvalue weighted by Crippen LogP contribution is -2.38. The summed E-state index contributed by atoms with van der Waals surface area (Å²) in [5, 5.41) is 12.0. The highest BCUT2D eigenvalue weighted by Crippen LogP contribution is 2.26. The van der Waals surface area contributed by atoms with Crippen LogP contribution in [0.3, 0.4) is 0 Å². The Balaban J connectivity index is 1.67. The summed E-state index contributed by atoms with van der Waals surface area (Å²) in [5.74, 6) is -1.44. The molecule has 7 heteroatoms. The Morgan fingerprint density at radius 1 is 1.33 bits per heavy atom. The van der Waals surface area contributed by atoms with Crippen molar-refractivity contribution in [3.63, 3.8) is 0 Å². The predicted molar refractivity (Wildman–Crippen MR) is 91.7 cm³/mol. The Morgan fingerprint density at radius 2 is 2.08 bits per heavy atom. The fraction of sp³-hybridized carbons (Fsp3) is 0.353. The van der Waals surface area contributed by atoms with Gasteiger partial charge in [-0.15, -0.1) is 11.3 Å². The van der Waals surface area contributed by atoms with E-state index in [0.717, 1.165) is 35.7 Å². The van der Waals surface area contributed by atoms with Gasteiger partial charge in [-0.05, 0) is 31.5 Å². The first-order valence-corrected chi connectivity index (χ1v) is 8.70. The summed E-state index contributed by atoms with van der Waals surface area (Å²) in [4.78, 5) is 29.0. The molecule has 6 nitrogen and oxygen atoms in total. The van der Waals surface area contributed by atoms with Crippen LogP contribution in [0, 0.1) is 5.92 Å². The number of piperidine rings is 1. The normalized spacial score (nSPS) is 18.4. The van der Waals surface area contributed by atoms with Crippen LogP contribution in [-0.2, 0) is 11.3 Å². The van der Waals surface area contributed by atoms with Crippen molar-refractivity contribution < 1.29 is 14.7 Å². The average Bonchev–Trinajstić information content (AvgIpc) is 3.03. The molecule has 24 heavy (non-hydrogen) atoms. The minimum Gasteiger partial charge on any atom is -0.481 e. The molecule has 0 spiro atoms. The van der Waals surface area contributed by atoms with Crippen molar-refractivity contribution in [2.45, 2.75) is 19.4 Å². The molecule has 126 valence electrons. The van der Waals surface area contributed by atoms with E-state index in [0.29, 0.717) is 18.7 Å². The van der Waals surface area contributed by atoms with Gasteiger partial charge in [-0.3, -0.25) is 14.5 Å². The Labute approximate surface area is 143 Å². The highest BCUT2D eigenvalue weighted by Gasteiger charge is 2.25. The second-order valence-electron chi connectivity index (χ2n) is 6.00. The second-order valence-corrected chi connectivity index (χ2v) is 6.86. The quantitative estimate of drug-likeness (QED) is 0.866. The molecule has 3 rings (SSSR count). The van der Waals surface area contributed by atoms with Crippen molar-refractivity contribution in [3.8, 4) is 10.6 Å². The molecule has 0 bridgehead atoms. The zero-order valence-corrected chi connectivity index (χ0v) is 14.0. The number of hydrogen-bond donors (Lipinski definition) is 2. The lowest BCUT2D eigenvalue weighted by atomic mass is 9.98. The molecule has 1 aliphatic heterocycles. The third-order valence-electron chi connectivity index (χ3n) is 4.21. The summed E-state index contributed by atoms with van der Waals surface area (Å²) in [6.45, 7) is 2.15. The maximum Gasteiger partial charge on any atom is 0.307 e. The first-order chi connectivity index (χ1) is 11.5. The van der Waals surface area contributed by atoms with Gasteiger partial charge in [0.25, 0.3) is 0 Å². The molecule has 2 heterocycles. The van der Waals surface area contributed by atoms with E-state index in [1.54, 1.807) is 23.5 Å². The van der Waals surface area contributed by atoms with Gasteiger partial charge in [-0.1, -0.05) is 12.1 Å². The van der Waals surface area contributed by atoms with Gasteiger partial charge in [0, 0.05) is 29.6 Å². The van der Waals surface area contributed by atoms with Gasteiger partial charge in [0.15, 0.2) is 0 Å². The standard InChI is InChI=1S/C17H19N3O3S/c18-15(21)11-3-5-12(6-4-11)16-19-14(10-24-16)9-20-7-1-2-13(8-20)17(22)23/h3-6,10,13H,1-2,7-9H2,(H2,18,21)(H,22,23). The van der Waals surface area contributed by atoms with E-state index < -0.39 is 11.9 Å². The fourth-order valence-electron chi connectivity index (χ4n) is 2.92. The van der Waals surface area contributed by atoms with Crippen LogP contribution in [0.1, 0.15) is 28.9 Å². The Hall–Kier alpha value is -2.25. The molecular weight excluding hydrogens is 326 g/mol. The van der Waals surface area contributed by atoms with E-state index in [1.807, 2.05) is 17.5 Å². The summed E-state index contributed by atoms with van der Waals surface area (Å²) in [5.41, 5.74) is 7.61. The third-order valence-corrected chi connectivity index (χ3v) is 5.15. The van der Waals surface area contributed by atoms with Crippen molar-refractivity contribution in [2.75, 3.05) is 13.1 Å². The van der Waals surface area contributed by atoms with Gasteiger partial charge in [-0.2, -0.15) is 0 Å². The van der Waals surface area contributed by atoms with Gasteiger partial charge in [0.2, 0.25) is 5.91 Å². The number of thiazole rings is 1. The summed E-state index contributed by atoms with van der Waals surface area (Å²) < 4.78 is 0. The molecule has 1 aromatic heterocycles. The first kappa shape index (κ1) is 16.6. The number of carboxylic acid groups (broad SMARTS) is 1. The summed E-state index contributed by atoms with van der Waals surface area (Å²) in [6, 6.07) is 7.07. The molecule has 0 aliphatic carbocycles. The topological polar surface area (TPSA) is 96.5 Å². The molecule has 1 aromatic carbocycles. The molecule has 0 saturated carbocycles. The van der Waals surface area contributed by atoms with Crippen LogP contribution in [0.15, 0.2) is 29.6 Å². The highest BCUT2D eigenvalue weighted by atomic mass is 32.1. The van der Waals surface area contributed by atoms with Crippen molar-refractivity contribution in [1.82, 2.24) is 9.88 Å². The van der Waals surface area contributed by atoms with Gasteiger partial charge < -0.3 is 10.8 Å². The van der Waals surface area contributed by atoms with E-state index >= 15 is 0 Å². The third kappa shape index (κ3) is 3.80. The van der Waals surface area contributed by atoms with Crippen LogP contribution in [0.4, 0.5) is 0 Å². The van der Waals surface area contributed by atoms with Gasteiger partial charge in [0.05, 0.1) is 11.6 Å². The molecule has 1 unspecified atom stereocenters. The minimum absolute atomic E-state index is 0.279. The largest absolute Gasteiger partial charge is 0.481 e. The monoisotopic (exact) mass is 345 g/mol. The van der Waals surface area contributed by atoms with Gasteiger partial charge in [-0.25, -0.2) is 4.98 Å². The Bertz CT molecular complexity index is 742. The highest BCUT2D eigenvalue weighted by molar-refractivity contribution is 7.13. The summed E-state index contributed by atoms with van der Waals surface area (Å²) >= 11 is 1.54. The maximum atomic E-state index is 11.1. The molecule has 1 fully saturated rings. The smallest absolute Gasteiger partial charge is 0.307 e. The number of likely N-dealkylation sites (tertiary alicyclic amines) is 1. The van der Waals surface area contributed by atoms with E-state index in [9.17, 15) is 9.59 Å². The first-order valence-electron chi connectivity index (χ1n) is 7.83. The van der Waals surface area contributed by atoms with Crippen molar-refractivity contribution >= 4 is 23.2 Å². The molecule has 0 radical (unpaired) electrons. The summed E-state index contributed by atoms with van der Waals surface area (Å²) in [7, 11) is 0. The summed E-state index contributed by atoms with van der Waals surface area (Å²) in [6.07, 6.45) is 1.66. The van der Waals surface area contributed by atoms with Crippen molar-refractivity contribution in [2.24, 2.45) is 11.7 Å². The number of aromatic nitrogens is 1. The molecule has 3 N–H and O–H groups in total. The SMILES string of the molecule is NC(=O)c1ccc(-c2nc(CN3CCCC(C(=O)O)C3)cs2)cc1. The molecule has 2 aromatic rings. The lowest BCUT2D eigenvalue weighted by molar-refractivity contribution is -0.143. The number of nitrogens with zero attached hydrogens (tertiary/aromatic N) is 2. The van der Waals surface area contributed by atoms with Crippen LogP contribution in [0.25, 0.3) is 10.6 Å². The number of aliphatic carboxylic acids is 1. The molecule has 1 atom stereocenters. The van der Waals surface area contributed by atoms with E-state index in [-0.39, 0.29) is 5.92 Å². The lowest BCUT2D eigenvalue weighted by Gasteiger charge is -2.29. The maximum absolute atomic E-state index is 11.1. The number of carbonyl (C=O) groups is 2. The van der Waals surface area contributed by atoms with Gasteiger partial charge >= 0.3 is 5.97 Å².